The van der Waals surface area contributed by atoms with Crippen LogP contribution in [0, 0.1) is 0 Å². The molecule has 2 heterocycles. The van der Waals surface area contributed by atoms with Gasteiger partial charge < -0.3 is 9.80 Å². The van der Waals surface area contributed by atoms with Gasteiger partial charge in [-0.15, -0.1) is 0 Å². The molecular formula is C82H59BN2. The van der Waals surface area contributed by atoms with Crippen LogP contribution < -0.4 is 26.2 Å². The van der Waals surface area contributed by atoms with Gasteiger partial charge in [-0.3, -0.25) is 0 Å². The second kappa shape index (κ2) is 20.2. The minimum absolute atomic E-state index is 0.120. The van der Waals surface area contributed by atoms with Crippen LogP contribution in [0.15, 0.2) is 303 Å². The number of fused-ring (bicyclic) bond motifs is 7. The maximum atomic E-state index is 2.64. The molecule has 0 unspecified atom stereocenters. The molecule has 0 radical (unpaired) electrons. The summed E-state index contributed by atoms with van der Waals surface area (Å²) in [6, 6.07) is 113. The van der Waals surface area contributed by atoms with Crippen molar-refractivity contribution in [3.63, 3.8) is 0 Å². The standard InChI is InChI=1S/C82H59BN2/c1-82(2,3)60-52-77-81-78(53-60)85(74-43-25-23-35-63(74)57-32-14-7-15-33-57)76-51-59(44-48-71(76)83(81)72-50-58(54-26-8-4-9-27-54)45-49-75(72)84(77)73-42-24-22-34-62(73)56-30-12-6-13-31-56)79-66-38-18-20-40-68(66)80(69-41-21-19-39-67(69)79)70-47-46-61(55-28-10-5-11-29-55)64-36-16-17-37-65(64)70/h4-53H,1-3H3. The van der Waals surface area contributed by atoms with Crippen molar-refractivity contribution in [3.8, 4) is 66.8 Å². The van der Waals surface area contributed by atoms with Gasteiger partial charge in [-0.25, -0.2) is 0 Å². The molecule has 0 bridgehead atoms. The van der Waals surface area contributed by atoms with Gasteiger partial charge >= 0.3 is 0 Å². The third kappa shape index (κ3) is 8.25. The summed E-state index contributed by atoms with van der Waals surface area (Å²) in [5.74, 6) is 0. The van der Waals surface area contributed by atoms with Gasteiger partial charge in [0, 0.05) is 33.9 Å². The lowest BCUT2D eigenvalue weighted by Crippen LogP contribution is -2.61. The summed E-state index contributed by atoms with van der Waals surface area (Å²) in [5, 5.41) is 7.39. The maximum Gasteiger partial charge on any atom is 0.252 e. The molecule has 14 aromatic carbocycles. The molecule has 14 aromatic rings. The molecule has 0 spiro atoms. The molecule has 0 N–H and O–H groups in total. The largest absolute Gasteiger partial charge is 0.311 e. The summed E-state index contributed by atoms with van der Waals surface area (Å²) >= 11 is 0. The van der Waals surface area contributed by atoms with Crippen LogP contribution in [-0.4, -0.2) is 6.71 Å². The van der Waals surface area contributed by atoms with Crippen molar-refractivity contribution in [1.82, 2.24) is 0 Å². The van der Waals surface area contributed by atoms with Crippen molar-refractivity contribution in [2.45, 2.75) is 26.2 Å². The van der Waals surface area contributed by atoms with Gasteiger partial charge in [-0.05, 0) is 152 Å². The van der Waals surface area contributed by atoms with Crippen molar-refractivity contribution >= 4 is 89.5 Å². The quantitative estimate of drug-likeness (QED) is 0.111. The Morgan fingerprint density at radius 3 is 1.19 bits per heavy atom. The highest BCUT2D eigenvalue weighted by molar-refractivity contribution is 7.00. The van der Waals surface area contributed by atoms with Gasteiger partial charge in [0.05, 0.1) is 11.4 Å². The fourth-order valence-corrected chi connectivity index (χ4v) is 14.1. The summed E-state index contributed by atoms with van der Waals surface area (Å²) in [5.41, 5.74) is 26.4. The third-order valence-electron chi connectivity index (χ3n) is 18.0. The van der Waals surface area contributed by atoms with E-state index in [0.29, 0.717) is 0 Å². The fraction of sp³-hybridized carbons (Fsp3) is 0.0488. The van der Waals surface area contributed by atoms with Gasteiger partial charge in [-0.2, -0.15) is 0 Å². The smallest absolute Gasteiger partial charge is 0.252 e. The Labute approximate surface area is 498 Å². The predicted molar refractivity (Wildman–Crippen MR) is 364 cm³/mol. The van der Waals surface area contributed by atoms with E-state index < -0.39 is 0 Å². The van der Waals surface area contributed by atoms with Crippen LogP contribution in [0.5, 0.6) is 0 Å². The second-order valence-corrected chi connectivity index (χ2v) is 23.9. The molecule has 85 heavy (non-hydrogen) atoms. The molecule has 0 saturated carbocycles. The Bertz CT molecular complexity index is 4870. The molecule has 0 aromatic heterocycles. The molecular weight excluding hydrogens is 1020 g/mol. The normalized spacial score (nSPS) is 12.6. The van der Waals surface area contributed by atoms with Crippen molar-refractivity contribution in [2.75, 3.05) is 9.80 Å². The van der Waals surface area contributed by atoms with Crippen LogP contribution in [0.2, 0.25) is 0 Å². The van der Waals surface area contributed by atoms with E-state index in [1.54, 1.807) is 0 Å². The summed E-state index contributed by atoms with van der Waals surface area (Å²) in [7, 11) is 0. The second-order valence-electron chi connectivity index (χ2n) is 23.9. The first kappa shape index (κ1) is 50.3. The van der Waals surface area contributed by atoms with Crippen molar-refractivity contribution in [2.24, 2.45) is 0 Å². The summed E-state index contributed by atoms with van der Waals surface area (Å²) in [6.45, 7) is 6.97. The van der Waals surface area contributed by atoms with E-state index in [2.05, 4.69) is 334 Å². The zero-order valence-corrected chi connectivity index (χ0v) is 47.8. The first-order valence-electron chi connectivity index (χ1n) is 29.8. The molecule has 0 fully saturated rings. The number of nitrogens with zero attached hydrogens (tertiary/aromatic N) is 2. The molecule has 0 amide bonds. The molecule has 0 atom stereocenters. The van der Waals surface area contributed by atoms with Gasteiger partial charge in [0.1, 0.15) is 0 Å². The van der Waals surface area contributed by atoms with Gasteiger partial charge in [-0.1, -0.05) is 288 Å². The zero-order valence-electron chi connectivity index (χ0n) is 47.8. The Morgan fingerprint density at radius 1 is 0.247 bits per heavy atom. The number of para-hydroxylation sites is 2. The SMILES string of the molecule is CC(C)(C)c1cc2c3c(c1)N(c1ccccc1-c1ccccc1)c1cc(-c4c5ccccc5c(-c5ccc(-c6ccccc6)c6ccccc56)c5ccccc45)ccc1B3c1cc(-c3ccccc3)ccc1N2c1ccccc1-c1ccccc1. The van der Waals surface area contributed by atoms with E-state index >= 15 is 0 Å². The highest BCUT2D eigenvalue weighted by Gasteiger charge is 2.45. The molecule has 2 aliphatic rings. The number of rotatable bonds is 8. The molecule has 2 nitrogen and oxygen atoms in total. The van der Waals surface area contributed by atoms with Crippen LogP contribution in [0.4, 0.5) is 34.1 Å². The molecule has 2 aliphatic heterocycles. The van der Waals surface area contributed by atoms with Crippen molar-refractivity contribution in [3.05, 3.63) is 309 Å². The maximum absolute atomic E-state index is 2.64. The predicted octanol–water partition coefficient (Wildman–Crippen LogP) is 20.5. The topological polar surface area (TPSA) is 6.48 Å². The van der Waals surface area contributed by atoms with Crippen LogP contribution in [0.3, 0.4) is 0 Å². The number of benzene rings is 14. The monoisotopic (exact) mass is 1080 g/mol. The minimum atomic E-state index is -0.206. The van der Waals surface area contributed by atoms with E-state index in [1.165, 1.54) is 144 Å². The van der Waals surface area contributed by atoms with E-state index in [1.807, 2.05) is 0 Å². The van der Waals surface area contributed by atoms with E-state index in [0.717, 1.165) is 11.4 Å². The van der Waals surface area contributed by atoms with Crippen molar-refractivity contribution < 1.29 is 0 Å². The van der Waals surface area contributed by atoms with E-state index in [-0.39, 0.29) is 12.1 Å². The first-order chi connectivity index (χ1) is 41.9. The lowest BCUT2D eigenvalue weighted by molar-refractivity contribution is 0.590. The van der Waals surface area contributed by atoms with E-state index in [4.69, 9.17) is 0 Å². The molecule has 400 valence electrons. The summed E-state index contributed by atoms with van der Waals surface area (Å²) < 4.78 is 0. The van der Waals surface area contributed by atoms with Crippen molar-refractivity contribution in [1.29, 1.82) is 0 Å². The lowest BCUT2D eigenvalue weighted by Gasteiger charge is -2.46. The minimum Gasteiger partial charge on any atom is -0.311 e. The Morgan fingerprint density at radius 2 is 0.659 bits per heavy atom. The highest BCUT2D eigenvalue weighted by Crippen LogP contribution is 2.52. The Balaban J connectivity index is 0.999. The van der Waals surface area contributed by atoms with Gasteiger partial charge in [0.25, 0.3) is 6.71 Å². The highest BCUT2D eigenvalue weighted by atomic mass is 15.2. The van der Waals surface area contributed by atoms with E-state index in [9.17, 15) is 0 Å². The molecule has 0 saturated heterocycles. The summed E-state index contributed by atoms with van der Waals surface area (Å²) in [6.07, 6.45) is 0. The Hall–Kier alpha value is -10.5. The third-order valence-corrected chi connectivity index (χ3v) is 18.0. The number of anilines is 6. The zero-order chi connectivity index (χ0) is 56.8. The van der Waals surface area contributed by atoms with Crippen LogP contribution >= 0.6 is 0 Å². The fourth-order valence-electron chi connectivity index (χ4n) is 14.1. The van der Waals surface area contributed by atoms with Crippen LogP contribution in [0.1, 0.15) is 26.3 Å². The van der Waals surface area contributed by atoms with Gasteiger partial charge in [0.15, 0.2) is 0 Å². The first-order valence-corrected chi connectivity index (χ1v) is 29.8. The lowest BCUT2D eigenvalue weighted by atomic mass is 9.33. The Kier molecular flexibility index (Phi) is 11.9. The molecule has 16 rings (SSSR count). The van der Waals surface area contributed by atoms with Gasteiger partial charge in [0.2, 0.25) is 0 Å². The summed E-state index contributed by atoms with van der Waals surface area (Å²) in [4.78, 5) is 5.23. The number of hydrogen-bond acceptors (Lipinski definition) is 2. The number of hydrogen-bond donors (Lipinski definition) is 0. The average molecular weight is 1080 g/mol. The molecule has 0 aliphatic carbocycles. The van der Waals surface area contributed by atoms with Crippen LogP contribution in [0.25, 0.3) is 99.1 Å². The van der Waals surface area contributed by atoms with Crippen LogP contribution in [-0.2, 0) is 5.41 Å². The molecule has 3 heteroatoms. The average Bonchev–Trinajstić information content (AvgIpc) is 0.848.